The molecule has 0 unspecified atom stereocenters. The molecule has 1 aromatic heterocycles. The summed E-state index contributed by atoms with van der Waals surface area (Å²) in [5.41, 5.74) is 5.29. The summed E-state index contributed by atoms with van der Waals surface area (Å²) in [6.45, 7) is 1.92. The van der Waals surface area contributed by atoms with Crippen LogP contribution in [0.5, 0.6) is 0 Å². The van der Waals surface area contributed by atoms with E-state index in [0.29, 0.717) is 12.1 Å². The van der Waals surface area contributed by atoms with Crippen LogP contribution in [0.2, 0.25) is 0 Å². The highest BCUT2D eigenvalue weighted by Gasteiger charge is 2.31. The van der Waals surface area contributed by atoms with Crippen molar-refractivity contribution in [3.05, 3.63) is 23.5 Å². The lowest BCUT2D eigenvalue weighted by Gasteiger charge is -2.09. The first-order valence-electron chi connectivity index (χ1n) is 4.26. The van der Waals surface area contributed by atoms with Gasteiger partial charge in [0.25, 0.3) is 0 Å². The number of alkyl halides is 3. The van der Waals surface area contributed by atoms with E-state index in [1.807, 2.05) is 6.92 Å². The second kappa shape index (κ2) is 3.86. The molecule has 0 saturated heterocycles. The van der Waals surface area contributed by atoms with Crippen LogP contribution in [0.3, 0.4) is 0 Å². The second-order valence-electron chi connectivity index (χ2n) is 3.01. The molecule has 0 saturated carbocycles. The summed E-state index contributed by atoms with van der Waals surface area (Å²) in [7, 11) is 0. The fourth-order valence-corrected chi connectivity index (χ4v) is 1.11. The maximum atomic E-state index is 12.2. The van der Waals surface area contributed by atoms with Gasteiger partial charge in [-0.15, -0.1) is 0 Å². The van der Waals surface area contributed by atoms with Gasteiger partial charge in [-0.1, -0.05) is 13.3 Å². The van der Waals surface area contributed by atoms with Gasteiger partial charge in [0.2, 0.25) is 0 Å². The number of rotatable bonds is 2. The maximum Gasteiger partial charge on any atom is 0.417 e. The number of hydrogen-bond acceptors (Lipinski definition) is 2. The molecular formula is C9H11F3N2. The zero-order chi connectivity index (χ0) is 10.8. The first-order valence-corrected chi connectivity index (χ1v) is 4.26. The van der Waals surface area contributed by atoms with E-state index in [1.165, 1.54) is 0 Å². The SMILES string of the molecule is CCCc1ncc(C(F)(F)F)cc1N. The van der Waals surface area contributed by atoms with Gasteiger partial charge in [0, 0.05) is 6.20 Å². The van der Waals surface area contributed by atoms with Crippen molar-refractivity contribution in [1.29, 1.82) is 0 Å². The Kier molecular flexibility index (Phi) is 2.98. The molecule has 1 rings (SSSR count). The molecule has 0 fully saturated rings. The Labute approximate surface area is 79.9 Å². The lowest BCUT2D eigenvalue weighted by atomic mass is 10.1. The van der Waals surface area contributed by atoms with Crippen LogP contribution >= 0.6 is 0 Å². The monoisotopic (exact) mass is 204 g/mol. The van der Waals surface area contributed by atoms with Crippen molar-refractivity contribution >= 4 is 5.69 Å². The highest BCUT2D eigenvalue weighted by Crippen LogP contribution is 2.30. The number of nitrogens with zero attached hydrogens (tertiary/aromatic N) is 1. The molecule has 14 heavy (non-hydrogen) atoms. The largest absolute Gasteiger partial charge is 0.417 e. The minimum Gasteiger partial charge on any atom is -0.397 e. The highest BCUT2D eigenvalue weighted by molar-refractivity contribution is 5.45. The minimum absolute atomic E-state index is 0.113. The van der Waals surface area contributed by atoms with E-state index < -0.39 is 11.7 Å². The molecule has 0 amide bonds. The predicted octanol–water partition coefficient (Wildman–Crippen LogP) is 2.64. The average molecular weight is 204 g/mol. The van der Waals surface area contributed by atoms with Crippen molar-refractivity contribution in [1.82, 2.24) is 4.98 Å². The molecule has 0 bridgehead atoms. The van der Waals surface area contributed by atoms with Crippen molar-refractivity contribution in [2.24, 2.45) is 0 Å². The number of pyridine rings is 1. The highest BCUT2D eigenvalue weighted by atomic mass is 19.4. The van der Waals surface area contributed by atoms with Gasteiger partial charge in [0.1, 0.15) is 0 Å². The lowest BCUT2D eigenvalue weighted by molar-refractivity contribution is -0.137. The molecule has 0 atom stereocenters. The minimum atomic E-state index is -4.37. The summed E-state index contributed by atoms with van der Waals surface area (Å²) in [5.74, 6) is 0. The molecule has 0 aromatic carbocycles. The Morgan fingerprint density at radius 2 is 2.07 bits per heavy atom. The molecular weight excluding hydrogens is 193 g/mol. The standard InChI is InChI=1S/C9H11F3N2/c1-2-3-8-7(13)4-6(5-14-8)9(10,11)12/h4-5H,2-3,13H2,1H3. The van der Waals surface area contributed by atoms with Crippen LogP contribution in [0.25, 0.3) is 0 Å². The smallest absolute Gasteiger partial charge is 0.397 e. The van der Waals surface area contributed by atoms with E-state index in [4.69, 9.17) is 5.73 Å². The summed E-state index contributed by atoms with van der Waals surface area (Å²) in [5, 5.41) is 0. The summed E-state index contributed by atoms with van der Waals surface area (Å²) < 4.78 is 36.6. The summed E-state index contributed by atoms with van der Waals surface area (Å²) in [4.78, 5) is 3.69. The number of aryl methyl sites for hydroxylation is 1. The molecule has 0 aliphatic rings. The van der Waals surface area contributed by atoms with Crippen molar-refractivity contribution in [3.8, 4) is 0 Å². The van der Waals surface area contributed by atoms with Gasteiger partial charge in [0.05, 0.1) is 16.9 Å². The van der Waals surface area contributed by atoms with Crippen LogP contribution in [0.4, 0.5) is 18.9 Å². The number of nitrogens with two attached hydrogens (primary N) is 1. The number of hydrogen-bond donors (Lipinski definition) is 1. The molecule has 0 aliphatic heterocycles. The van der Waals surface area contributed by atoms with Crippen LogP contribution in [-0.4, -0.2) is 4.98 Å². The Morgan fingerprint density at radius 3 is 2.50 bits per heavy atom. The first kappa shape index (κ1) is 10.8. The third-order valence-electron chi connectivity index (χ3n) is 1.82. The van der Waals surface area contributed by atoms with Crippen LogP contribution in [0, 0.1) is 0 Å². The van der Waals surface area contributed by atoms with E-state index in [0.717, 1.165) is 18.7 Å². The van der Waals surface area contributed by atoms with Crippen LogP contribution in [-0.2, 0) is 12.6 Å². The van der Waals surface area contributed by atoms with E-state index in [9.17, 15) is 13.2 Å². The quantitative estimate of drug-likeness (QED) is 0.804. The van der Waals surface area contributed by atoms with Gasteiger partial charge in [-0.2, -0.15) is 13.2 Å². The first-order chi connectivity index (χ1) is 6.45. The molecule has 2 nitrogen and oxygen atoms in total. The molecule has 78 valence electrons. The van der Waals surface area contributed by atoms with E-state index >= 15 is 0 Å². The van der Waals surface area contributed by atoms with Crippen LogP contribution in [0.1, 0.15) is 24.6 Å². The van der Waals surface area contributed by atoms with Gasteiger partial charge in [-0.3, -0.25) is 4.98 Å². The maximum absolute atomic E-state index is 12.2. The molecule has 0 radical (unpaired) electrons. The van der Waals surface area contributed by atoms with Crippen molar-refractivity contribution in [2.45, 2.75) is 25.9 Å². The third kappa shape index (κ3) is 2.37. The molecule has 5 heteroatoms. The van der Waals surface area contributed by atoms with Crippen LogP contribution in [0.15, 0.2) is 12.3 Å². The zero-order valence-corrected chi connectivity index (χ0v) is 7.73. The van der Waals surface area contributed by atoms with Crippen molar-refractivity contribution < 1.29 is 13.2 Å². The molecule has 0 aliphatic carbocycles. The average Bonchev–Trinajstić information content (AvgIpc) is 2.07. The zero-order valence-electron chi connectivity index (χ0n) is 7.73. The van der Waals surface area contributed by atoms with Gasteiger partial charge >= 0.3 is 6.18 Å². The van der Waals surface area contributed by atoms with Gasteiger partial charge in [-0.05, 0) is 12.5 Å². The molecule has 0 spiro atoms. The molecule has 1 heterocycles. The van der Waals surface area contributed by atoms with Gasteiger partial charge in [-0.25, -0.2) is 0 Å². The number of aromatic nitrogens is 1. The fraction of sp³-hybridized carbons (Fsp3) is 0.444. The van der Waals surface area contributed by atoms with Gasteiger partial charge in [0.15, 0.2) is 0 Å². The number of nitrogen functional groups attached to an aromatic ring is 1. The van der Waals surface area contributed by atoms with Crippen LogP contribution < -0.4 is 5.73 Å². The van der Waals surface area contributed by atoms with E-state index in [-0.39, 0.29) is 5.69 Å². The fourth-order valence-electron chi connectivity index (χ4n) is 1.11. The van der Waals surface area contributed by atoms with E-state index in [2.05, 4.69) is 4.98 Å². The van der Waals surface area contributed by atoms with E-state index in [1.54, 1.807) is 0 Å². The number of halogens is 3. The lowest BCUT2D eigenvalue weighted by Crippen LogP contribution is -2.08. The predicted molar refractivity (Wildman–Crippen MR) is 47.6 cm³/mol. The van der Waals surface area contributed by atoms with Crippen molar-refractivity contribution in [3.63, 3.8) is 0 Å². The van der Waals surface area contributed by atoms with Crippen molar-refractivity contribution in [2.75, 3.05) is 5.73 Å². The Bertz CT molecular complexity index is 320. The Morgan fingerprint density at radius 1 is 1.43 bits per heavy atom. The normalized spacial score (nSPS) is 11.7. The molecule has 2 N–H and O–H groups in total. The summed E-state index contributed by atoms with van der Waals surface area (Å²) in [6, 6.07) is 0.929. The van der Waals surface area contributed by atoms with Gasteiger partial charge < -0.3 is 5.73 Å². The molecule has 1 aromatic rings. The Hall–Kier alpha value is -1.26. The Balaban J connectivity index is 3.01. The summed E-state index contributed by atoms with van der Waals surface area (Å²) >= 11 is 0. The second-order valence-corrected chi connectivity index (χ2v) is 3.01. The number of anilines is 1. The topological polar surface area (TPSA) is 38.9 Å². The summed E-state index contributed by atoms with van der Waals surface area (Å²) in [6.07, 6.45) is -2.14. The third-order valence-corrected chi connectivity index (χ3v) is 1.82.